The number of hydrogen-bond donors (Lipinski definition) is 2. The van der Waals surface area contributed by atoms with Gasteiger partial charge in [-0.1, -0.05) is 23.7 Å². The molecule has 0 radical (unpaired) electrons. The molecule has 2 fully saturated rings. The van der Waals surface area contributed by atoms with Crippen LogP contribution >= 0.6 is 11.6 Å². The van der Waals surface area contributed by atoms with Crippen LogP contribution in [0.25, 0.3) is 0 Å². The molecular weight excluding hydrogens is 402 g/mol. The van der Waals surface area contributed by atoms with Gasteiger partial charge in [0.1, 0.15) is 18.0 Å². The van der Waals surface area contributed by atoms with Crippen molar-refractivity contribution >= 4 is 23.2 Å². The van der Waals surface area contributed by atoms with Crippen molar-refractivity contribution in [3.63, 3.8) is 0 Å². The van der Waals surface area contributed by atoms with Gasteiger partial charge < -0.3 is 20.1 Å². The third-order valence-electron chi connectivity index (χ3n) is 6.00. The second-order valence-corrected chi connectivity index (χ2v) is 8.32. The minimum absolute atomic E-state index is 0.136. The third-order valence-corrected chi connectivity index (χ3v) is 6.25. The topological polar surface area (TPSA) is 73.8 Å². The van der Waals surface area contributed by atoms with Crippen molar-refractivity contribution in [2.24, 2.45) is 0 Å². The number of piperidine rings is 1. The van der Waals surface area contributed by atoms with Crippen LogP contribution < -0.4 is 10.2 Å². The molecule has 0 saturated carbocycles. The van der Waals surface area contributed by atoms with Gasteiger partial charge in [-0.3, -0.25) is 4.90 Å². The summed E-state index contributed by atoms with van der Waals surface area (Å²) in [4.78, 5) is 13.5. The average Bonchev–Trinajstić information content (AvgIpc) is 2.81. The number of nitrogens with one attached hydrogen (secondary N) is 1. The van der Waals surface area contributed by atoms with Gasteiger partial charge in [0.15, 0.2) is 0 Å². The van der Waals surface area contributed by atoms with Gasteiger partial charge in [-0.15, -0.1) is 0 Å². The number of morpholine rings is 1. The van der Waals surface area contributed by atoms with Crippen LogP contribution in [0.3, 0.4) is 0 Å². The first-order valence-corrected chi connectivity index (χ1v) is 11.1. The smallest absolute Gasteiger partial charge is 0.134 e. The molecule has 3 heterocycles. The maximum absolute atomic E-state index is 9.73. The number of aromatic nitrogens is 2. The van der Waals surface area contributed by atoms with Crippen molar-refractivity contribution in [1.29, 1.82) is 0 Å². The molecular formula is C22H30ClN5O2. The van der Waals surface area contributed by atoms with Crippen molar-refractivity contribution in [3.8, 4) is 0 Å². The van der Waals surface area contributed by atoms with Crippen molar-refractivity contribution in [2.75, 3.05) is 56.2 Å². The molecule has 0 bridgehead atoms. The maximum atomic E-state index is 9.73. The summed E-state index contributed by atoms with van der Waals surface area (Å²) in [6.07, 6.45) is 4.88. The van der Waals surface area contributed by atoms with E-state index in [0.717, 1.165) is 75.3 Å². The third kappa shape index (κ3) is 5.21. The number of hydrogen-bond acceptors (Lipinski definition) is 7. The molecule has 1 aromatic carbocycles. The van der Waals surface area contributed by atoms with Crippen LogP contribution in [0.15, 0.2) is 36.7 Å². The van der Waals surface area contributed by atoms with Gasteiger partial charge in [-0.25, -0.2) is 9.97 Å². The highest BCUT2D eigenvalue weighted by atomic mass is 35.5. The van der Waals surface area contributed by atoms with Gasteiger partial charge in [0.25, 0.3) is 0 Å². The molecule has 7 nitrogen and oxygen atoms in total. The molecule has 2 aromatic rings. The highest BCUT2D eigenvalue weighted by molar-refractivity contribution is 6.30. The summed E-state index contributed by atoms with van der Waals surface area (Å²) in [6, 6.07) is 10.4. The average molecular weight is 432 g/mol. The Morgan fingerprint density at radius 1 is 1.13 bits per heavy atom. The molecule has 4 rings (SSSR count). The van der Waals surface area contributed by atoms with Gasteiger partial charge >= 0.3 is 0 Å². The normalized spacial score (nSPS) is 21.4. The second kappa shape index (κ2) is 10.4. The fraction of sp³-hybridized carbons (Fsp3) is 0.545. The number of rotatable bonds is 7. The molecule has 2 unspecified atom stereocenters. The van der Waals surface area contributed by atoms with Gasteiger partial charge in [0.2, 0.25) is 0 Å². The number of benzene rings is 1. The number of anilines is 2. The quantitative estimate of drug-likeness (QED) is 0.698. The lowest BCUT2D eigenvalue weighted by molar-refractivity contribution is 0.0187. The molecule has 30 heavy (non-hydrogen) atoms. The summed E-state index contributed by atoms with van der Waals surface area (Å²) < 4.78 is 5.54. The van der Waals surface area contributed by atoms with Crippen LogP contribution in [0.4, 0.5) is 11.6 Å². The van der Waals surface area contributed by atoms with Crippen LogP contribution in [-0.2, 0) is 4.74 Å². The van der Waals surface area contributed by atoms with Crippen molar-refractivity contribution in [2.45, 2.75) is 31.3 Å². The Morgan fingerprint density at radius 3 is 2.70 bits per heavy atom. The Bertz CT molecular complexity index is 800. The SMILES string of the molecule is OCC1CCCCN1c1cc(NCC(c2ccc(Cl)cc2)N2CCOCC2)ncn1. The Kier molecular flexibility index (Phi) is 7.38. The summed E-state index contributed by atoms with van der Waals surface area (Å²) in [7, 11) is 0. The minimum Gasteiger partial charge on any atom is -0.394 e. The molecule has 2 saturated heterocycles. The van der Waals surface area contributed by atoms with E-state index in [0.29, 0.717) is 0 Å². The number of nitrogens with zero attached hydrogens (tertiary/aromatic N) is 4. The molecule has 162 valence electrons. The Labute approximate surface area is 183 Å². The lowest BCUT2D eigenvalue weighted by atomic mass is 10.0. The van der Waals surface area contributed by atoms with Crippen molar-refractivity contribution in [3.05, 3.63) is 47.2 Å². The minimum atomic E-state index is 0.136. The molecule has 2 aliphatic heterocycles. The van der Waals surface area contributed by atoms with E-state index in [9.17, 15) is 5.11 Å². The predicted molar refractivity (Wildman–Crippen MR) is 119 cm³/mol. The fourth-order valence-corrected chi connectivity index (χ4v) is 4.45. The molecule has 0 amide bonds. The Morgan fingerprint density at radius 2 is 1.93 bits per heavy atom. The first-order chi connectivity index (χ1) is 14.7. The van der Waals surface area contributed by atoms with Crippen LogP contribution in [-0.4, -0.2) is 72.0 Å². The first kappa shape index (κ1) is 21.3. The molecule has 8 heteroatoms. The van der Waals surface area contributed by atoms with E-state index in [2.05, 4.69) is 37.2 Å². The molecule has 0 aliphatic carbocycles. The molecule has 2 aliphatic rings. The highest BCUT2D eigenvalue weighted by Gasteiger charge is 2.25. The number of halogens is 1. The Hall–Kier alpha value is -1.93. The van der Waals surface area contributed by atoms with Crippen LogP contribution in [0.5, 0.6) is 0 Å². The van der Waals surface area contributed by atoms with E-state index in [1.165, 1.54) is 5.56 Å². The standard InChI is InChI=1S/C22H30ClN5O2/c23-18-6-4-17(5-7-18)20(27-9-11-30-12-10-27)14-24-21-13-22(26-16-25-21)28-8-2-1-3-19(28)15-29/h4-7,13,16,19-20,29H,1-3,8-12,14-15H2,(H,24,25,26). The number of aliphatic hydroxyl groups excluding tert-OH is 1. The summed E-state index contributed by atoms with van der Waals surface area (Å²) >= 11 is 6.10. The lowest BCUT2D eigenvalue weighted by Gasteiger charge is -2.36. The summed E-state index contributed by atoms with van der Waals surface area (Å²) in [5, 5.41) is 14.0. The van der Waals surface area contributed by atoms with Crippen molar-refractivity contribution < 1.29 is 9.84 Å². The lowest BCUT2D eigenvalue weighted by Crippen LogP contribution is -2.42. The zero-order valence-corrected chi connectivity index (χ0v) is 18.0. The maximum Gasteiger partial charge on any atom is 0.134 e. The monoisotopic (exact) mass is 431 g/mol. The molecule has 2 atom stereocenters. The number of aliphatic hydroxyl groups is 1. The van der Waals surface area contributed by atoms with Crippen LogP contribution in [0.2, 0.25) is 5.02 Å². The summed E-state index contributed by atoms with van der Waals surface area (Å²) in [6.45, 7) is 5.09. The first-order valence-electron chi connectivity index (χ1n) is 10.8. The van der Waals surface area contributed by atoms with E-state index in [-0.39, 0.29) is 18.7 Å². The van der Waals surface area contributed by atoms with Gasteiger partial charge in [0.05, 0.1) is 31.9 Å². The van der Waals surface area contributed by atoms with Crippen LogP contribution in [0.1, 0.15) is 30.9 Å². The summed E-state index contributed by atoms with van der Waals surface area (Å²) in [5.74, 6) is 1.68. The predicted octanol–water partition coefficient (Wildman–Crippen LogP) is 2.97. The largest absolute Gasteiger partial charge is 0.394 e. The zero-order chi connectivity index (χ0) is 20.8. The van der Waals surface area contributed by atoms with E-state index >= 15 is 0 Å². The van der Waals surface area contributed by atoms with Gasteiger partial charge in [-0.05, 0) is 37.0 Å². The number of ether oxygens (including phenoxy) is 1. The molecule has 2 N–H and O–H groups in total. The van der Waals surface area contributed by atoms with E-state index in [4.69, 9.17) is 16.3 Å². The van der Waals surface area contributed by atoms with Gasteiger partial charge in [0, 0.05) is 37.3 Å². The fourth-order valence-electron chi connectivity index (χ4n) is 4.33. The highest BCUT2D eigenvalue weighted by Crippen LogP contribution is 2.26. The van der Waals surface area contributed by atoms with E-state index in [1.54, 1.807) is 6.33 Å². The zero-order valence-electron chi connectivity index (χ0n) is 17.2. The molecule has 1 aromatic heterocycles. The van der Waals surface area contributed by atoms with E-state index < -0.39 is 0 Å². The van der Waals surface area contributed by atoms with Crippen LogP contribution in [0, 0.1) is 0 Å². The van der Waals surface area contributed by atoms with Gasteiger partial charge in [-0.2, -0.15) is 0 Å². The molecule has 0 spiro atoms. The second-order valence-electron chi connectivity index (χ2n) is 7.88. The Balaban J connectivity index is 1.48. The summed E-state index contributed by atoms with van der Waals surface area (Å²) in [5.41, 5.74) is 1.22. The van der Waals surface area contributed by atoms with Crippen molar-refractivity contribution in [1.82, 2.24) is 14.9 Å². The van der Waals surface area contributed by atoms with E-state index in [1.807, 2.05) is 18.2 Å².